The first kappa shape index (κ1) is 10.9. The average Bonchev–Trinajstić information content (AvgIpc) is 2.29. The zero-order valence-electron chi connectivity index (χ0n) is 9.32. The summed E-state index contributed by atoms with van der Waals surface area (Å²) in [4.78, 5) is 22.4. The van der Waals surface area contributed by atoms with Crippen LogP contribution in [-0.2, 0) is 4.79 Å². The molecule has 0 aromatic heterocycles. The fourth-order valence-electron chi connectivity index (χ4n) is 2.06. The van der Waals surface area contributed by atoms with Crippen molar-refractivity contribution in [1.29, 1.82) is 0 Å². The van der Waals surface area contributed by atoms with Gasteiger partial charge in [0.25, 0.3) is 0 Å². The lowest BCUT2D eigenvalue weighted by Crippen LogP contribution is -2.32. The summed E-state index contributed by atoms with van der Waals surface area (Å²) in [5.74, 6) is 0.495. The van der Waals surface area contributed by atoms with Crippen molar-refractivity contribution in [3.8, 4) is 0 Å². The van der Waals surface area contributed by atoms with Crippen LogP contribution < -0.4 is 5.32 Å². The Balaban J connectivity index is 2.14. The van der Waals surface area contributed by atoms with E-state index in [4.69, 9.17) is 0 Å². The number of Topliss-reactive ketones (excluding diaryl/α,β-unsaturated/α-hetero) is 1. The molecule has 1 amide bonds. The summed E-state index contributed by atoms with van der Waals surface area (Å²) >= 11 is 0. The SMILES string of the molecule is CC(=O)c1ccc(C2CCNC(=O)C2)cc1. The molecule has 3 heteroatoms. The van der Waals surface area contributed by atoms with Crippen LogP contribution in [-0.4, -0.2) is 18.2 Å². The third-order valence-electron chi connectivity index (χ3n) is 3.04. The third kappa shape index (κ3) is 2.30. The Morgan fingerprint density at radius 3 is 2.56 bits per heavy atom. The topological polar surface area (TPSA) is 46.2 Å². The van der Waals surface area contributed by atoms with Gasteiger partial charge in [0.2, 0.25) is 5.91 Å². The van der Waals surface area contributed by atoms with E-state index in [1.54, 1.807) is 6.92 Å². The lowest BCUT2D eigenvalue weighted by atomic mass is 9.89. The molecule has 1 fully saturated rings. The van der Waals surface area contributed by atoms with Gasteiger partial charge < -0.3 is 5.32 Å². The standard InChI is InChI=1S/C13H15NO2/c1-9(15)10-2-4-11(5-3-10)12-6-7-14-13(16)8-12/h2-5,12H,6-8H2,1H3,(H,14,16). The van der Waals surface area contributed by atoms with Crippen LogP contribution in [0, 0.1) is 0 Å². The van der Waals surface area contributed by atoms with Crippen LogP contribution in [0.5, 0.6) is 0 Å². The Morgan fingerprint density at radius 1 is 1.31 bits per heavy atom. The van der Waals surface area contributed by atoms with Crippen molar-refractivity contribution in [2.24, 2.45) is 0 Å². The first-order chi connectivity index (χ1) is 7.66. The molecule has 1 aliphatic rings. The third-order valence-corrected chi connectivity index (χ3v) is 3.04. The summed E-state index contributed by atoms with van der Waals surface area (Å²) in [6.07, 6.45) is 1.53. The normalized spacial score (nSPS) is 20.3. The molecule has 1 heterocycles. The van der Waals surface area contributed by atoms with E-state index in [0.717, 1.165) is 24.1 Å². The van der Waals surface area contributed by atoms with Gasteiger partial charge in [-0.05, 0) is 24.8 Å². The summed E-state index contributed by atoms with van der Waals surface area (Å²) in [6.45, 7) is 2.31. The van der Waals surface area contributed by atoms with Crippen LogP contribution in [0.3, 0.4) is 0 Å². The van der Waals surface area contributed by atoms with E-state index in [1.165, 1.54) is 0 Å². The number of amides is 1. The first-order valence-electron chi connectivity index (χ1n) is 5.54. The highest BCUT2D eigenvalue weighted by Gasteiger charge is 2.20. The number of benzene rings is 1. The number of ketones is 1. The van der Waals surface area contributed by atoms with Crippen LogP contribution in [0.4, 0.5) is 0 Å². The lowest BCUT2D eigenvalue weighted by molar-refractivity contribution is -0.122. The van der Waals surface area contributed by atoms with E-state index in [9.17, 15) is 9.59 Å². The molecule has 1 unspecified atom stereocenters. The van der Waals surface area contributed by atoms with Crippen molar-refractivity contribution < 1.29 is 9.59 Å². The van der Waals surface area contributed by atoms with Crippen LogP contribution in [0.25, 0.3) is 0 Å². The monoisotopic (exact) mass is 217 g/mol. The van der Waals surface area contributed by atoms with E-state index in [1.807, 2.05) is 24.3 Å². The summed E-state index contributed by atoms with van der Waals surface area (Å²) in [6, 6.07) is 7.59. The Hall–Kier alpha value is -1.64. The van der Waals surface area contributed by atoms with Crippen LogP contribution in [0.1, 0.15) is 41.6 Å². The van der Waals surface area contributed by atoms with Crippen molar-refractivity contribution in [1.82, 2.24) is 5.32 Å². The highest BCUT2D eigenvalue weighted by atomic mass is 16.1. The van der Waals surface area contributed by atoms with Crippen molar-refractivity contribution in [3.05, 3.63) is 35.4 Å². The van der Waals surface area contributed by atoms with Gasteiger partial charge in [0.05, 0.1) is 0 Å². The lowest BCUT2D eigenvalue weighted by Gasteiger charge is -2.22. The van der Waals surface area contributed by atoms with E-state index in [-0.39, 0.29) is 11.7 Å². The van der Waals surface area contributed by atoms with E-state index in [0.29, 0.717) is 12.3 Å². The predicted molar refractivity (Wildman–Crippen MR) is 61.4 cm³/mol. The predicted octanol–water partition coefficient (Wildman–Crippen LogP) is 1.88. The largest absolute Gasteiger partial charge is 0.356 e. The number of piperidine rings is 1. The first-order valence-corrected chi connectivity index (χ1v) is 5.54. The molecule has 84 valence electrons. The van der Waals surface area contributed by atoms with Gasteiger partial charge in [0.15, 0.2) is 5.78 Å². The Labute approximate surface area is 94.9 Å². The second kappa shape index (κ2) is 4.47. The van der Waals surface area contributed by atoms with Crippen LogP contribution in [0.15, 0.2) is 24.3 Å². The number of hydrogen-bond acceptors (Lipinski definition) is 2. The fraction of sp³-hybridized carbons (Fsp3) is 0.385. The molecule has 1 aliphatic heterocycles. The number of carbonyl (C=O) groups excluding carboxylic acids is 2. The molecule has 0 radical (unpaired) electrons. The Bertz CT molecular complexity index is 408. The molecule has 0 bridgehead atoms. The van der Waals surface area contributed by atoms with Gasteiger partial charge in [-0.1, -0.05) is 24.3 Å². The maximum atomic E-state index is 11.3. The number of nitrogens with one attached hydrogen (secondary N) is 1. The van der Waals surface area contributed by atoms with Gasteiger partial charge in [0.1, 0.15) is 0 Å². The molecule has 1 atom stereocenters. The van der Waals surface area contributed by atoms with E-state index >= 15 is 0 Å². The van der Waals surface area contributed by atoms with Crippen molar-refractivity contribution >= 4 is 11.7 Å². The van der Waals surface area contributed by atoms with Gasteiger partial charge in [0, 0.05) is 18.5 Å². The van der Waals surface area contributed by atoms with Gasteiger partial charge in [-0.15, -0.1) is 0 Å². The van der Waals surface area contributed by atoms with Crippen molar-refractivity contribution in [3.63, 3.8) is 0 Å². The highest BCUT2D eigenvalue weighted by molar-refractivity contribution is 5.94. The molecule has 1 aromatic carbocycles. The Kier molecular flexibility index (Phi) is 3.04. The molecule has 1 aromatic rings. The van der Waals surface area contributed by atoms with Gasteiger partial charge >= 0.3 is 0 Å². The molecule has 1 N–H and O–H groups in total. The van der Waals surface area contributed by atoms with Crippen LogP contribution >= 0.6 is 0 Å². The molecule has 0 aliphatic carbocycles. The molecule has 16 heavy (non-hydrogen) atoms. The van der Waals surface area contributed by atoms with Crippen molar-refractivity contribution in [2.75, 3.05) is 6.54 Å². The zero-order valence-corrected chi connectivity index (χ0v) is 9.32. The summed E-state index contributed by atoms with van der Waals surface area (Å²) < 4.78 is 0. The fourth-order valence-corrected chi connectivity index (χ4v) is 2.06. The van der Waals surface area contributed by atoms with Crippen LogP contribution in [0.2, 0.25) is 0 Å². The minimum Gasteiger partial charge on any atom is -0.356 e. The molecular formula is C13H15NO2. The molecule has 1 saturated heterocycles. The van der Waals surface area contributed by atoms with Gasteiger partial charge in [-0.2, -0.15) is 0 Å². The smallest absolute Gasteiger partial charge is 0.220 e. The molecule has 0 saturated carbocycles. The Morgan fingerprint density at radius 2 is 2.00 bits per heavy atom. The average molecular weight is 217 g/mol. The minimum atomic E-state index is 0.0768. The number of carbonyl (C=O) groups is 2. The van der Waals surface area contributed by atoms with Gasteiger partial charge in [-0.3, -0.25) is 9.59 Å². The zero-order chi connectivity index (χ0) is 11.5. The number of rotatable bonds is 2. The van der Waals surface area contributed by atoms with Gasteiger partial charge in [-0.25, -0.2) is 0 Å². The maximum Gasteiger partial charge on any atom is 0.220 e. The molecule has 0 spiro atoms. The molecular weight excluding hydrogens is 202 g/mol. The summed E-state index contributed by atoms with van der Waals surface area (Å²) in [5, 5.41) is 2.82. The second-order valence-electron chi connectivity index (χ2n) is 4.22. The van der Waals surface area contributed by atoms with E-state index < -0.39 is 0 Å². The highest BCUT2D eigenvalue weighted by Crippen LogP contribution is 2.25. The summed E-state index contributed by atoms with van der Waals surface area (Å²) in [7, 11) is 0. The molecule has 2 rings (SSSR count). The minimum absolute atomic E-state index is 0.0768. The second-order valence-corrected chi connectivity index (χ2v) is 4.22. The van der Waals surface area contributed by atoms with E-state index in [2.05, 4.69) is 5.32 Å². The quantitative estimate of drug-likeness (QED) is 0.769. The molecule has 3 nitrogen and oxygen atoms in total. The summed E-state index contributed by atoms with van der Waals surface area (Å²) in [5.41, 5.74) is 1.88. The van der Waals surface area contributed by atoms with Crippen molar-refractivity contribution in [2.45, 2.75) is 25.7 Å². The number of hydrogen-bond donors (Lipinski definition) is 1. The maximum absolute atomic E-state index is 11.3.